The Kier molecular flexibility index (Phi) is 7.08. The number of benzene rings is 2. The van der Waals surface area contributed by atoms with Crippen LogP contribution in [0.3, 0.4) is 0 Å². The first kappa shape index (κ1) is 27.3. The molecule has 0 aliphatic carbocycles. The van der Waals surface area contributed by atoms with E-state index in [0.717, 1.165) is 16.8 Å². The number of piperazine rings is 1. The summed E-state index contributed by atoms with van der Waals surface area (Å²) in [7, 11) is 3.71. The topological polar surface area (TPSA) is 84.1 Å². The Morgan fingerprint density at radius 3 is 2.38 bits per heavy atom. The lowest BCUT2D eigenvalue weighted by Crippen LogP contribution is -2.45. The molecule has 5 rings (SSSR count). The third-order valence-corrected chi connectivity index (χ3v) is 7.18. The van der Waals surface area contributed by atoms with Crippen LogP contribution in [0.2, 0.25) is 0 Å². The summed E-state index contributed by atoms with van der Waals surface area (Å²) in [6, 6.07) is 6.73. The van der Waals surface area contributed by atoms with Crippen LogP contribution in [0.1, 0.15) is 27.2 Å². The van der Waals surface area contributed by atoms with Gasteiger partial charge in [-0.25, -0.2) is 9.07 Å². The number of aryl methyl sites for hydroxylation is 2. The zero-order valence-corrected chi connectivity index (χ0v) is 22.4. The molecule has 1 aliphatic rings. The molecule has 13 heteroatoms. The molecule has 3 heterocycles. The predicted octanol–water partition coefficient (Wildman–Crippen LogP) is 4.45. The van der Waals surface area contributed by atoms with E-state index in [9.17, 15) is 18.0 Å². The van der Waals surface area contributed by atoms with Gasteiger partial charge >= 0.3 is 6.18 Å². The van der Waals surface area contributed by atoms with E-state index in [4.69, 9.17) is 0 Å². The number of hydrogen-bond donors (Lipinski definition) is 1. The van der Waals surface area contributed by atoms with E-state index >= 15 is 4.39 Å². The Morgan fingerprint density at radius 2 is 1.73 bits per heavy atom. The Labute approximate surface area is 228 Å². The Bertz CT molecular complexity index is 1570. The van der Waals surface area contributed by atoms with Crippen LogP contribution in [0, 0.1) is 19.7 Å². The van der Waals surface area contributed by atoms with Crippen LogP contribution in [0.25, 0.3) is 16.9 Å². The van der Waals surface area contributed by atoms with E-state index in [0.29, 0.717) is 43.6 Å². The average molecular weight is 557 g/mol. The number of rotatable bonds is 5. The van der Waals surface area contributed by atoms with E-state index in [-0.39, 0.29) is 16.9 Å². The molecular formula is C27H28F4N8O. The maximum Gasteiger partial charge on any atom is 0.419 e. The summed E-state index contributed by atoms with van der Waals surface area (Å²) in [5.41, 5.74) is 2.11. The molecule has 0 spiro atoms. The van der Waals surface area contributed by atoms with Gasteiger partial charge < -0.3 is 15.1 Å². The number of hydrogen-bond acceptors (Lipinski definition) is 6. The summed E-state index contributed by atoms with van der Waals surface area (Å²) < 4.78 is 59.5. The quantitative estimate of drug-likeness (QED) is 0.366. The van der Waals surface area contributed by atoms with Crippen molar-refractivity contribution in [2.45, 2.75) is 20.0 Å². The lowest BCUT2D eigenvalue weighted by molar-refractivity contribution is -0.139. The van der Waals surface area contributed by atoms with Crippen molar-refractivity contribution < 1.29 is 22.4 Å². The summed E-state index contributed by atoms with van der Waals surface area (Å²) >= 11 is 0. The van der Waals surface area contributed by atoms with Gasteiger partial charge in [-0.3, -0.25) is 9.48 Å². The SMILES string of the molecule is Cc1ccc(C(=O)Nc2cc(N3CCN(C)CC3)c(F)c(C(F)(F)F)c2)cc1-n1cc(-c2cnn(C)c2C)nn1. The zero-order valence-electron chi connectivity index (χ0n) is 22.4. The van der Waals surface area contributed by atoms with Crippen LogP contribution >= 0.6 is 0 Å². The average Bonchev–Trinajstić information content (AvgIpc) is 3.51. The molecule has 1 N–H and O–H groups in total. The van der Waals surface area contributed by atoms with Crippen molar-refractivity contribution in [3.63, 3.8) is 0 Å². The molecular weight excluding hydrogens is 528 g/mol. The van der Waals surface area contributed by atoms with Crippen LogP contribution in [-0.4, -0.2) is 68.8 Å². The highest BCUT2D eigenvalue weighted by Gasteiger charge is 2.37. The zero-order chi connectivity index (χ0) is 28.8. The second kappa shape index (κ2) is 10.4. The molecule has 1 fully saturated rings. The van der Waals surface area contributed by atoms with Crippen LogP contribution in [0.15, 0.2) is 42.7 Å². The van der Waals surface area contributed by atoms with Gasteiger partial charge in [0, 0.05) is 55.7 Å². The Hall–Kier alpha value is -4.26. The monoisotopic (exact) mass is 556 g/mol. The molecule has 1 aliphatic heterocycles. The first-order valence-electron chi connectivity index (χ1n) is 12.6. The molecule has 0 saturated carbocycles. The van der Waals surface area contributed by atoms with E-state index in [2.05, 4.69) is 20.7 Å². The number of nitrogens with zero attached hydrogens (tertiary/aromatic N) is 7. The second-order valence-electron chi connectivity index (χ2n) is 9.92. The van der Waals surface area contributed by atoms with Gasteiger partial charge in [0.2, 0.25) is 0 Å². The van der Waals surface area contributed by atoms with Gasteiger partial charge in [0.1, 0.15) is 5.69 Å². The lowest BCUT2D eigenvalue weighted by atomic mass is 10.1. The first-order valence-corrected chi connectivity index (χ1v) is 12.6. The van der Waals surface area contributed by atoms with E-state index in [1.54, 1.807) is 40.2 Å². The number of carbonyl (C=O) groups excluding carboxylic acids is 1. The summed E-state index contributed by atoms with van der Waals surface area (Å²) in [5, 5.41) is 15.2. The van der Waals surface area contributed by atoms with Gasteiger partial charge in [-0.05, 0) is 50.7 Å². The molecule has 40 heavy (non-hydrogen) atoms. The van der Waals surface area contributed by atoms with E-state index in [1.165, 1.54) is 10.7 Å². The maximum absolute atomic E-state index is 15.0. The summed E-state index contributed by atoms with van der Waals surface area (Å²) in [4.78, 5) is 16.8. The molecule has 1 amide bonds. The summed E-state index contributed by atoms with van der Waals surface area (Å²) in [6.07, 6.45) is -1.53. The number of likely N-dealkylation sites (N-methyl/N-ethyl adjacent to an activating group) is 1. The number of aromatic nitrogens is 5. The smallest absolute Gasteiger partial charge is 0.367 e. The minimum absolute atomic E-state index is 0.148. The normalized spacial score (nSPS) is 14.6. The predicted molar refractivity (Wildman–Crippen MR) is 142 cm³/mol. The number of carbonyl (C=O) groups is 1. The minimum Gasteiger partial charge on any atom is -0.367 e. The molecule has 0 atom stereocenters. The van der Waals surface area contributed by atoms with E-state index in [1.807, 2.05) is 32.8 Å². The molecule has 2 aromatic carbocycles. The fourth-order valence-electron chi connectivity index (χ4n) is 4.62. The second-order valence-corrected chi connectivity index (χ2v) is 9.92. The Balaban J connectivity index is 1.44. The van der Waals surface area contributed by atoms with Gasteiger partial charge in [-0.15, -0.1) is 5.10 Å². The van der Waals surface area contributed by atoms with Crippen molar-refractivity contribution in [1.82, 2.24) is 29.7 Å². The third-order valence-electron chi connectivity index (χ3n) is 7.18. The molecule has 9 nitrogen and oxygen atoms in total. The molecule has 210 valence electrons. The third kappa shape index (κ3) is 5.28. The van der Waals surface area contributed by atoms with Crippen molar-refractivity contribution in [2.24, 2.45) is 7.05 Å². The highest BCUT2D eigenvalue weighted by atomic mass is 19.4. The van der Waals surface area contributed by atoms with Crippen LogP contribution in [-0.2, 0) is 13.2 Å². The molecule has 0 radical (unpaired) electrons. The van der Waals surface area contributed by atoms with Crippen LogP contribution in [0.5, 0.6) is 0 Å². The molecule has 2 aromatic heterocycles. The minimum atomic E-state index is -4.93. The molecule has 4 aromatic rings. The van der Waals surface area contributed by atoms with Crippen molar-refractivity contribution >= 4 is 17.3 Å². The Morgan fingerprint density at radius 1 is 1.00 bits per heavy atom. The first-order chi connectivity index (χ1) is 18.9. The van der Waals surface area contributed by atoms with Gasteiger partial charge in [-0.1, -0.05) is 11.3 Å². The van der Waals surface area contributed by atoms with Crippen molar-refractivity contribution in [3.05, 3.63) is 70.9 Å². The fourth-order valence-corrected chi connectivity index (χ4v) is 4.62. The van der Waals surface area contributed by atoms with Crippen LogP contribution < -0.4 is 10.2 Å². The summed E-state index contributed by atoms with van der Waals surface area (Å²) in [6.45, 7) is 5.63. The maximum atomic E-state index is 15.0. The van der Waals surface area contributed by atoms with Crippen molar-refractivity contribution in [2.75, 3.05) is 43.4 Å². The highest BCUT2D eigenvalue weighted by molar-refractivity contribution is 6.05. The van der Waals surface area contributed by atoms with Gasteiger partial charge in [0.25, 0.3) is 5.91 Å². The number of alkyl halides is 3. The molecule has 0 unspecified atom stereocenters. The van der Waals surface area contributed by atoms with Gasteiger partial charge in [0.05, 0.1) is 29.3 Å². The summed E-state index contributed by atoms with van der Waals surface area (Å²) in [5.74, 6) is -1.99. The standard InChI is InChI=1S/C27H28F4N8O/c1-16-5-6-18(11-23(16)39-15-22(34-35-39)20-14-32-37(4)17(20)2)26(40)33-19-12-21(27(29,30)31)25(28)24(13-19)38-9-7-36(3)8-10-38/h5-6,11-15H,7-10H2,1-4H3,(H,33,40). The lowest BCUT2D eigenvalue weighted by Gasteiger charge is -2.34. The number of amides is 1. The van der Waals surface area contributed by atoms with Gasteiger partial charge in [0.15, 0.2) is 5.82 Å². The fraction of sp³-hybridized carbons (Fsp3) is 0.333. The number of halogens is 4. The molecule has 1 saturated heterocycles. The van der Waals surface area contributed by atoms with Crippen molar-refractivity contribution in [3.8, 4) is 16.9 Å². The van der Waals surface area contributed by atoms with Crippen LogP contribution in [0.4, 0.5) is 28.9 Å². The van der Waals surface area contributed by atoms with E-state index < -0.39 is 23.5 Å². The van der Waals surface area contributed by atoms with Gasteiger partial charge in [-0.2, -0.15) is 18.3 Å². The number of anilines is 2. The van der Waals surface area contributed by atoms with Crippen molar-refractivity contribution in [1.29, 1.82) is 0 Å². The molecule has 0 bridgehead atoms. The number of nitrogens with one attached hydrogen (secondary N) is 1. The largest absolute Gasteiger partial charge is 0.419 e. The highest BCUT2D eigenvalue weighted by Crippen LogP contribution is 2.38.